The molecule has 20 heavy (non-hydrogen) atoms. The molecule has 2 aromatic rings. The minimum absolute atomic E-state index is 0.0636. The molecule has 0 amide bonds. The van der Waals surface area contributed by atoms with Crippen LogP contribution in [0.25, 0.3) is 0 Å². The van der Waals surface area contributed by atoms with Gasteiger partial charge in [0.15, 0.2) is 5.82 Å². The number of rotatable bonds is 5. The van der Waals surface area contributed by atoms with Crippen molar-refractivity contribution in [2.75, 3.05) is 6.54 Å². The average molecular weight is 277 g/mol. The largest absolute Gasteiger partial charge is 0.468 e. The summed E-state index contributed by atoms with van der Waals surface area (Å²) in [6.45, 7) is 12.0. The molecule has 2 rings (SSSR count). The number of nitrogens with zero attached hydrogens (tertiary/aromatic N) is 3. The minimum Gasteiger partial charge on any atom is -0.468 e. The first-order valence-electron chi connectivity index (χ1n) is 7.02. The van der Waals surface area contributed by atoms with Gasteiger partial charge in [0.05, 0.1) is 18.8 Å². The van der Waals surface area contributed by atoms with Crippen LogP contribution in [0.5, 0.6) is 0 Å². The van der Waals surface area contributed by atoms with Crippen molar-refractivity contribution >= 4 is 0 Å². The number of hydrogen-bond donors (Lipinski definition) is 0. The predicted molar refractivity (Wildman–Crippen MR) is 76.2 cm³/mol. The van der Waals surface area contributed by atoms with Crippen LogP contribution in [0.4, 0.5) is 0 Å². The van der Waals surface area contributed by atoms with E-state index >= 15 is 0 Å². The molecule has 5 heteroatoms. The van der Waals surface area contributed by atoms with Gasteiger partial charge in [-0.2, -0.15) is 4.98 Å². The third-order valence-corrected chi connectivity index (χ3v) is 3.36. The van der Waals surface area contributed by atoms with Crippen LogP contribution in [0.3, 0.4) is 0 Å². The quantitative estimate of drug-likeness (QED) is 0.836. The summed E-state index contributed by atoms with van der Waals surface area (Å²) >= 11 is 0. The van der Waals surface area contributed by atoms with Crippen LogP contribution >= 0.6 is 0 Å². The normalized spacial score (nSPS) is 13.9. The Kier molecular flexibility index (Phi) is 4.28. The van der Waals surface area contributed by atoms with E-state index in [1.165, 1.54) is 0 Å². The highest BCUT2D eigenvalue weighted by Crippen LogP contribution is 2.24. The first-order chi connectivity index (χ1) is 9.41. The number of furan rings is 1. The molecule has 110 valence electrons. The highest BCUT2D eigenvalue weighted by atomic mass is 16.5. The monoisotopic (exact) mass is 277 g/mol. The fourth-order valence-corrected chi connectivity index (χ4v) is 1.99. The molecule has 0 aromatic carbocycles. The first kappa shape index (κ1) is 14.8. The fourth-order valence-electron chi connectivity index (χ4n) is 1.99. The lowest BCUT2D eigenvalue weighted by Crippen LogP contribution is -2.26. The Morgan fingerprint density at radius 1 is 1.35 bits per heavy atom. The van der Waals surface area contributed by atoms with E-state index in [-0.39, 0.29) is 11.5 Å². The van der Waals surface area contributed by atoms with E-state index in [1.807, 2.05) is 12.1 Å². The molecular formula is C15H23N3O2. The van der Waals surface area contributed by atoms with Crippen molar-refractivity contribution in [2.24, 2.45) is 0 Å². The molecule has 2 heterocycles. The Bertz CT molecular complexity index is 526. The lowest BCUT2D eigenvalue weighted by atomic mass is 9.96. The standard InChI is InChI=1S/C15H23N3O2/c1-6-18(10-12-8-7-9-19-12)11(2)13-16-14(17-20-13)15(3,4)5/h7-9,11H,6,10H2,1-5H3/t11-/m1/s1. The molecule has 0 aliphatic heterocycles. The van der Waals surface area contributed by atoms with Gasteiger partial charge in [-0.15, -0.1) is 0 Å². The van der Waals surface area contributed by atoms with Crippen molar-refractivity contribution in [3.8, 4) is 0 Å². The summed E-state index contributed by atoms with van der Waals surface area (Å²) in [5.74, 6) is 2.34. The van der Waals surface area contributed by atoms with Gasteiger partial charge in [0.2, 0.25) is 5.89 Å². The fraction of sp³-hybridized carbons (Fsp3) is 0.600. The molecule has 5 nitrogen and oxygen atoms in total. The van der Waals surface area contributed by atoms with Crippen LogP contribution in [0.15, 0.2) is 27.3 Å². The Hall–Kier alpha value is -1.62. The zero-order valence-corrected chi connectivity index (χ0v) is 12.9. The smallest absolute Gasteiger partial charge is 0.243 e. The zero-order chi connectivity index (χ0) is 14.8. The second-order valence-electron chi connectivity index (χ2n) is 6.02. The van der Waals surface area contributed by atoms with E-state index in [4.69, 9.17) is 8.94 Å². The maximum absolute atomic E-state index is 5.42. The van der Waals surface area contributed by atoms with Crippen LogP contribution in [0.1, 0.15) is 58.1 Å². The molecule has 0 spiro atoms. The molecule has 0 radical (unpaired) electrons. The van der Waals surface area contributed by atoms with Crippen LogP contribution in [0.2, 0.25) is 0 Å². The molecule has 0 fully saturated rings. The predicted octanol–water partition coefficient (Wildman–Crippen LogP) is 3.54. The lowest BCUT2D eigenvalue weighted by molar-refractivity contribution is 0.162. The van der Waals surface area contributed by atoms with Crippen LogP contribution < -0.4 is 0 Å². The molecule has 0 aliphatic rings. The van der Waals surface area contributed by atoms with Crippen LogP contribution in [-0.2, 0) is 12.0 Å². The summed E-state index contributed by atoms with van der Waals surface area (Å²) in [6.07, 6.45) is 1.69. The topological polar surface area (TPSA) is 55.3 Å². The van der Waals surface area contributed by atoms with Crippen LogP contribution in [-0.4, -0.2) is 21.6 Å². The maximum Gasteiger partial charge on any atom is 0.243 e. The lowest BCUT2D eigenvalue weighted by Gasteiger charge is -2.23. The Balaban J connectivity index is 2.12. The van der Waals surface area contributed by atoms with E-state index in [0.717, 1.165) is 24.7 Å². The second-order valence-corrected chi connectivity index (χ2v) is 6.02. The highest BCUT2D eigenvalue weighted by Gasteiger charge is 2.25. The summed E-state index contributed by atoms with van der Waals surface area (Å²) in [5, 5.41) is 4.09. The molecule has 0 bridgehead atoms. The number of hydrogen-bond acceptors (Lipinski definition) is 5. The van der Waals surface area contributed by atoms with E-state index in [2.05, 4.69) is 49.7 Å². The Morgan fingerprint density at radius 2 is 2.10 bits per heavy atom. The van der Waals surface area contributed by atoms with E-state index in [0.29, 0.717) is 5.89 Å². The maximum atomic E-state index is 5.42. The summed E-state index contributed by atoms with van der Waals surface area (Å²) in [7, 11) is 0. The summed E-state index contributed by atoms with van der Waals surface area (Å²) < 4.78 is 10.8. The summed E-state index contributed by atoms with van der Waals surface area (Å²) in [6, 6.07) is 3.94. The zero-order valence-electron chi connectivity index (χ0n) is 12.9. The molecule has 1 atom stereocenters. The molecule has 0 unspecified atom stereocenters. The van der Waals surface area contributed by atoms with Crippen molar-refractivity contribution in [1.82, 2.24) is 15.0 Å². The minimum atomic E-state index is -0.0977. The molecule has 0 N–H and O–H groups in total. The van der Waals surface area contributed by atoms with Gasteiger partial charge in [-0.05, 0) is 25.6 Å². The van der Waals surface area contributed by atoms with Gasteiger partial charge >= 0.3 is 0 Å². The average Bonchev–Trinajstić information content (AvgIpc) is 3.05. The molecule has 0 aliphatic carbocycles. The molecular weight excluding hydrogens is 254 g/mol. The SMILES string of the molecule is CCN(Cc1ccco1)[C@H](C)c1nc(C(C)(C)C)no1. The Labute approximate surface area is 120 Å². The van der Waals surface area contributed by atoms with Gasteiger partial charge in [-0.1, -0.05) is 32.9 Å². The van der Waals surface area contributed by atoms with Gasteiger partial charge in [-0.3, -0.25) is 4.90 Å². The first-order valence-corrected chi connectivity index (χ1v) is 7.02. The van der Waals surface area contributed by atoms with Crippen LogP contribution in [0, 0.1) is 0 Å². The van der Waals surface area contributed by atoms with Crippen molar-refractivity contribution in [2.45, 2.75) is 52.6 Å². The van der Waals surface area contributed by atoms with Crippen molar-refractivity contribution < 1.29 is 8.94 Å². The summed E-state index contributed by atoms with van der Waals surface area (Å²) in [4.78, 5) is 6.76. The Morgan fingerprint density at radius 3 is 2.60 bits per heavy atom. The van der Waals surface area contributed by atoms with Gasteiger partial charge in [0.25, 0.3) is 0 Å². The highest BCUT2D eigenvalue weighted by molar-refractivity contribution is 5.03. The third kappa shape index (κ3) is 3.28. The molecule has 2 aromatic heterocycles. The van der Waals surface area contributed by atoms with E-state index in [1.54, 1.807) is 6.26 Å². The van der Waals surface area contributed by atoms with Gasteiger partial charge in [0.1, 0.15) is 5.76 Å². The second kappa shape index (κ2) is 5.79. The van der Waals surface area contributed by atoms with Crippen molar-refractivity contribution in [3.63, 3.8) is 0 Å². The van der Waals surface area contributed by atoms with Gasteiger partial charge < -0.3 is 8.94 Å². The molecule has 0 saturated carbocycles. The van der Waals surface area contributed by atoms with E-state index < -0.39 is 0 Å². The van der Waals surface area contributed by atoms with Gasteiger partial charge in [-0.25, -0.2) is 0 Å². The van der Waals surface area contributed by atoms with Crippen molar-refractivity contribution in [3.05, 3.63) is 35.9 Å². The van der Waals surface area contributed by atoms with Crippen molar-refractivity contribution in [1.29, 1.82) is 0 Å². The molecule has 0 saturated heterocycles. The van der Waals surface area contributed by atoms with E-state index in [9.17, 15) is 0 Å². The third-order valence-electron chi connectivity index (χ3n) is 3.36. The summed E-state index contributed by atoms with van der Waals surface area (Å²) in [5.41, 5.74) is -0.0977. The number of aromatic nitrogens is 2. The van der Waals surface area contributed by atoms with Gasteiger partial charge in [0, 0.05) is 5.41 Å².